The zero-order valence-electron chi connectivity index (χ0n) is 23.5. The smallest absolute Gasteiger partial charge is 0.309 e. The fourth-order valence-electron chi connectivity index (χ4n) is 5.39. The highest BCUT2D eigenvalue weighted by Crippen LogP contribution is 2.34. The van der Waals surface area contributed by atoms with E-state index in [0.717, 1.165) is 34.8 Å². The van der Waals surface area contributed by atoms with Crippen molar-refractivity contribution in [3.05, 3.63) is 81.5 Å². The maximum Gasteiger partial charge on any atom is 0.309 e. The maximum absolute atomic E-state index is 13.9. The Balaban J connectivity index is 1.21. The van der Waals surface area contributed by atoms with Crippen LogP contribution in [0.1, 0.15) is 60.9 Å². The number of ether oxygens (including phenoxy) is 1. The monoisotopic (exact) mass is 575 g/mol. The van der Waals surface area contributed by atoms with Gasteiger partial charge in [-0.25, -0.2) is 4.98 Å². The van der Waals surface area contributed by atoms with Crippen molar-refractivity contribution in [2.75, 3.05) is 20.2 Å². The number of rotatable bonds is 10. The lowest BCUT2D eigenvalue weighted by molar-refractivity contribution is -0.139. The molecule has 0 atom stereocenters. The zero-order valence-corrected chi connectivity index (χ0v) is 24.3. The van der Waals surface area contributed by atoms with Crippen LogP contribution in [0.5, 0.6) is 0 Å². The molecule has 1 aliphatic carbocycles. The molecule has 1 amide bonds. The van der Waals surface area contributed by atoms with Crippen molar-refractivity contribution in [1.29, 1.82) is 0 Å². The lowest BCUT2D eigenvalue weighted by Crippen LogP contribution is -2.42. The Hall–Kier alpha value is -3.50. The standard InChI is InChI=1S/C31H37N5O4S/c1-40-29(38)18-22-9-11-23(12-10-22)19-33-16-13-28(37)35-17-14-27-26(21-35)30(39)36(24-6-5-15-32-20-24)31(34-27)41-25-7-3-2-4-8-25/h5-6,9-12,15,20,25,33H,2-4,7-8,13-14,16-19,21H2,1H3. The highest BCUT2D eigenvalue weighted by molar-refractivity contribution is 7.99. The number of esters is 1. The van der Waals surface area contributed by atoms with E-state index in [9.17, 15) is 14.4 Å². The highest BCUT2D eigenvalue weighted by Gasteiger charge is 2.28. The van der Waals surface area contributed by atoms with Gasteiger partial charge >= 0.3 is 5.97 Å². The van der Waals surface area contributed by atoms with Gasteiger partial charge < -0.3 is 15.0 Å². The first kappa shape index (κ1) is 29.0. The van der Waals surface area contributed by atoms with Crippen molar-refractivity contribution in [2.24, 2.45) is 0 Å². The Labute approximate surface area is 244 Å². The van der Waals surface area contributed by atoms with Crippen LogP contribution in [0.2, 0.25) is 0 Å². The normalized spacial score (nSPS) is 15.4. The number of carbonyl (C=O) groups excluding carboxylic acids is 2. The summed E-state index contributed by atoms with van der Waals surface area (Å²) in [5.74, 6) is -0.246. The number of fused-ring (bicyclic) bond motifs is 1. The summed E-state index contributed by atoms with van der Waals surface area (Å²) < 4.78 is 6.40. The van der Waals surface area contributed by atoms with Crippen molar-refractivity contribution in [2.45, 2.75) is 74.9 Å². The van der Waals surface area contributed by atoms with Gasteiger partial charge in [0.15, 0.2) is 5.16 Å². The van der Waals surface area contributed by atoms with Crippen LogP contribution in [0.4, 0.5) is 0 Å². The molecule has 1 fully saturated rings. The fraction of sp³-hybridized carbons (Fsp3) is 0.452. The lowest BCUT2D eigenvalue weighted by Gasteiger charge is -2.29. The third kappa shape index (κ3) is 7.42. The number of thioether (sulfide) groups is 1. The third-order valence-electron chi connectivity index (χ3n) is 7.72. The SMILES string of the molecule is COC(=O)Cc1ccc(CNCCC(=O)N2CCc3nc(SC4CCCCC4)n(-c4cccnc4)c(=O)c3C2)cc1. The molecule has 0 spiro atoms. The molecule has 2 aliphatic rings. The molecule has 0 saturated heterocycles. The molecular weight excluding hydrogens is 538 g/mol. The van der Waals surface area contributed by atoms with E-state index in [1.54, 1.807) is 33.6 Å². The summed E-state index contributed by atoms with van der Waals surface area (Å²) in [5.41, 5.74) is 3.98. The summed E-state index contributed by atoms with van der Waals surface area (Å²) in [6.07, 6.45) is 10.6. The predicted molar refractivity (Wildman–Crippen MR) is 158 cm³/mol. The minimum Gasteiger partial charge on any atom is -0.469 e. The Kier molecular flexibility index (Phi) is 9.84. The van der Waals surface area contributed by atoms with Gasteiger partial charge in [0, 0.05) is 43.9 Å². The Morgan fingerprint density at radius 2 is 1.88 bits per heavy atom. The number of pyridine rings is 1. The Bertz CT molecular complexity index is 1400. The number of aromatic nitrogens is 3. The van der Waals surface area contributed by atoms with Crippen LogP contribution in [0.3, 0.4) is 0 Å². The van der Waals surface area contributed by atoms with Gasteiger partial charge in [0.2, 0.25) is 5.91 Å². The molecule has 1 aliphatic heterocycles. The number of carbonyl (C=O) groups is 2. The van der Waals surface area contributed by atoms with Crippen LogP contribution < -0.4 is 10.9 Å². The average molecular weight is 576 g/mol. The fourth-order valence-corrected chi connectivity index (χ4v) is 6.72. The van der Waals surface area contributed by atoms with E-state index >= 15 is 0 Å². The number of methoxy groups -OCH3 is 1. The zero-order chi connectivity index (χ0) is 28.6. The summed E-state index contributed by atoms with van der Waals surface area (Å²) in [7, 11) is 1.38. The molecule has 1 N–H and O–H groups in total. The molecule has 3 aromatic rings. The van der Waals surface area contributed by atoms with Gasteiger partial charge in [0.05, 0.1) is 43.2 Å². The summed E-state index contributed by atoms with van der Waals surface area (Å²) in [5, 5.41) is 4.52. The Morgan fingerprint density at radius 3 is 2.61 bits per heavy atom. The number of hydrogen-bond donors (Lipinski definition) is 1. The first-order valence-corrected chi connectivity index (χ1v) is 15.2. The van der Waals surface area contributed by atoms with Crippen LogP contribution in [0, 0.1) is 0 Å². The average Bonchev–Trinajstić information content (AvgIpc) is 3.01. The summed E-state index contributed by atoms with van der Waals surface area (Å²) in [4.78, 5) is 49.4. The first-order chi connectivity index (χ1) is 20.0. The van der Waals surface area contributed by atoms with Crippen LogP contribution in [-0.2, 0) is 40.3 Å². The summed E-state index contributed by atoms with van der Waals surface area (Å²) in [6.45, 7) is 1.98. The van der Waals surface area contributed by atoms with Crippen LogP contribution >= 0.6 is 11.8 Å². The molecule has 0 unspecified atom stereocenters. The molecule has 9 nitrogen and oxygen atoms in total. The van der Waals surface area contributed by atoms with Crippen molar-refractivity contribution in [3.63, 3.8) is 0 Å². The second-order valence-electron chi connectivity index (χ2n) is 10.6. The minimum absolute atomic E-state index is 0.0181. The van der Waals surface area contributed by atoms with Crippen molar-refractivity contribution in [3.8, 4) is 5.69 Å². The number of amides is 1. The van der Waals surface area contributed by atoms with Gasteiger partial charge in [0.1, 0.15) is 0 Å². The molecule has 5 rings (SSSR count). The molecule has 10 heteroatoms. The van der Waals surface area contributed by atoms with E-state index < -0.39 is 0 Å². The minimum atomic E-state index is -0.264. The molecule has 0 radical (unpaired) electrons. The van der Waals surface area contributed by atoms with E-state index in [1.165, 1.54) is 26.4 Å². The maximum atomic E-state index is 13.9. The van der Waals surface area contributed by atoms with E-state index in [-0.39, 0.29) is 30.4 Å². The van der Waals surface area contributed by atoms with E-state index in [0.29, 0.717) is 49.0 Å². The van der Waals surface area contributed by atoms with Gasteiger partial charge in [-0.15, -0.1) is 0 Å². The van der Waals surface area contributed by atoms with Crippen LogP contribution in [-0.4, -0.2) is 56.8 Å². The predicted octanol–water partition coefficient (Wildman–Crippen LogP) is 3.83. The number of nitrogens with one attached hydrogen (secondary N) is 1. The summed E-state index contributed by atoms with van der Waals surface area (Å²) in [6, 6.07) is 11.5. The summed E-state index contributed by atoms with van der Waals surface area (Å²) >= 11 is 1.71. The second kappa shape index (κ2) is 13.9. The van der Waals surface area contributed by atoms with E-state index in [1.807, 2.05) is 36.4 Å². The van der Waals surface area contributed by atoms with Crippen LogP contribution in [0.15, 0.2) is 58.7 Å². The largest absolute Gasteiger partial charge is 0.469 e. The lowest BCUT2D eigenvalue weighted by atomic mass is 10.0. The molecule has 0 bridgehead atoms. The molecule has 1 saturated carbocycles. The third-order valence-corrected chi connectivity index (χ3v) is 9.01. The van der Waals surface area contributed by atoms with Crippen molar-refractivity contribution in [1.82, 2.24) is 24.8 Å². The van der Waals surface area contributed by atoms with Crippen molar-refractivity contribution < 1.29 is 14.3 Å². The molecule has 1 aromatic carbocycles. The van der Waals surface area contributed by atoms with Gasteiger partial charge in [-0.2, -0.15) is 0 Å². The number of nitrogens with zero attached hydrogens (tertiary/aromatic N) is 4. The second-order valence-corrected chi connectivity index (χ2v) is 11.9. The molecule has 216 valence electrons. The van der Waals surface area contributed by atoms with Gasteiger partial charge in [0.25, 0.3) is 5.56 Å². The van der Waals surface area contributed by atoms with Gasteiger partial charge in [-0.3, -0.25) is 23.9 Å². The highest BCUT2D eigenvalue weighted by atomic mass is 32.2. The Morgan fingerprint density at radius 1 is 1.10 bits per heavy atom. The van der Waals surface area contributed by atoms with Crippen LogP contribution in [0.25, 0.3) is 5.69 Å². The van der Waals surface area contributed by atoms with Gasteiger partial charge in [-0.1, -0.05) is 55.3 Å². The molecular formula is C31H37N5O4S. The van der Waals surface area contributed by atoms with Crippen molar-refractivity contribution >= 4 is 23.6 Å². The van der Waals surface area contributed by atoms with Gasteiger partial charge in [-0.05, 0) is 36.1 Å². The first-order valence-electron chi connectivity index (χ1n) is 14.4. The van der Waals surface area contributed by atoms with E-state index in [2.05, 4.69) is 10.3 Å². The quantitative estimate of drug-likeness (QED) is 0.221. The number of benzene rings is 1. The molecule has 2 aromatic heterocycles. The molecule has 3 heterocycles. The number of hydrogen-bond acceptors (Lipinski definition) is 8. The van der Waals surface area contributed by atoms with E-state index in [4.69, 9.17) is 9.72 Å². The topological polar surface area (TPSA) is 106 Å². The molecule has 41 heavy (non-hydrogen) atoms.